The molecule has 3 heteroatoms. The highest BCUT2D eigenvalue weighted by atomic mass is 16.3. The zero-order chi connectivity index (χ0) is 33.3. The number of aromatic amines is 1. The molecule has 0 amide bonds. The molecule has 4 aromatic carbocycles. The van der Waals surface area contributed by atoms with E-state index in [-0.39, 0.29) is 21.7 Å². The lowest BCUT2D eigenvalue weighted by Gasteiger charge is -2.28. The summed E-state index contributed by atoms with van der Waals surface area (Å²) in [5.41, 5.74) is 10.6. The van der Waals surface area contributed by atoms with Crippen molar-refractivity contribution in [3.63, 3.8) is 0 Å². The predicted molar refractivity (Wildman–Crippen MR) is 192 cm³/mol. The summed E-state index contributed by atoms with van der Waals surface area (Å²) in [5.74, 6) is 0.854. The standard InChI is InChI=1S/C42H53NO2/c1-39(2,3)31-21-27(22-32(37(31)44)40(4,5)6)17-25-13-15-35-29(19-25)30-20-26(14-16-36(30)43-35)18-28-23-33(41(7,8)9)38(45)34(24-28)42(10,11)12/h13-16,19-24,43-45H,17-18H2,1-12H3. The minimum atomic E-state index is -0.157. The van der Waals surface area contributed by atoms with Crippen molar-refractivity contribution >= 4 is 21.8 Å². The number of hydrogen-bond acceptors (Lipinski definition) is 2. The average Bonchev–Trinajstić information content (AvgIpc) is 3.25. The highest BCUT2D eigenvalue weighted by Crippen LogP contribution is 2.42. The van der Waals surface area contributed by atoms with Gasteiger partial charge in [-0.1, -0.05) is 119 Å². The van der Waals surface area contributed by atoms with E-state index in [1.165, 1.54) is 33.0 Å². The third-order valence-electron chi connectivity index (χ3n) is 9.12. The van der Waals surface area contributed by atoms with Gasteiger partial charge in [0, 0.05) is 21.8 Å². The van der Waals surface area contributed by atoms with E-state index in [4.69, 9.17) is 0 Å². The van der Waals surface area contributed by atoms with Crippen molar-refractivity contribution in [3.8, 4) is 11.5 Å². The second-order valence-corrected chi connectivity index (χ2v) is 17.3. The van der Waals surface area contributed by atoms with Gasteiger partial charge in [-0.2, -0.15) is 0 Å². The maximum atomic E-state index is 11.2. The molecule has 0 saturated carbocycles. The quantitative estimate of drug-likeness (QED) is 0.191. The van der Waals surface area contributed by atoms with Crippen LogP contribution in [0.25, 0.3) is 21.8 Å². The number of aromatic nitrogens is 1. The second-order valence-electron chi connectivity index (χ2n) is 17.3. The molecule has 5 aromatic rings. The summed E-state index contributed by atoms with van der Waals surface area (Å²) in [5, 5.41) is 24.9. The van der Waals surface area contributed by atoms with Crippen LogP contribution in [0, 0.1) is 0 Å². The number of H-pyrrole nitrogens is 1. The number of benzene rings is 4. The van der Waals surface area contributed by atoms with E-state index >= 15 is 0 Å². The van der Waals surface area contributed by atoms with E-state index in [0.29, 0.717) is 11.5 Å². The van der Waals surface area contributed by atoms with Crippen molar-refractivity contribution < 1.29 is 10.2 Å². The van der Waals surface area contributed by atoms with Crippen LogP contribution in [0.2, 0.25) is 0 Å². The third kappa shape index (κ3) is 6.64. The van der Waals surface area contributed by atoms with Crippen LogP contribution in [-0.2, 0) is 34.5 Å². The molecular weight excluding hydrogens is 550 g/mol. The fraction of sp³-hybridized carbons (Fsp3) is 0.429. The molecule has 0 aliphatic heterocycles. The molecule has 45 heavy (non-hydrogen) atoms. The van der Waals surface area contributed by atoms with Crippen LogP contribution in [0.5, 0.6) is 11.5 Å². The Morgan fingerprint density at radius 2 is 0.711 bits per heavy atom. The van der Waals surface area contributed by atoms with E-state index in [1.54, 1.807) is 0 Å². The van der Waals surface area contributed by atoms with Gasteiger partial charge < -0.3 is 15.2 Å². The molecule has 0 saturated heterocycles. The number of nitrogens with one attached hydrogen (secondary N) is 1. The van der Waals surface area contributed by atoms with Gasteiger partial charge in [0.25, 0.3) is 0 Å². The van der Waals surface area contributed by atoms with Crippen LogP contribution >= 0.6 is 0 Å². The number of phenolic OH excluding ortho intramolecular Hbond substituents is 2. The summed E-state index contributed by atoms with van der Waals surface area (Å²) in [6.45, 7) is 26.0. The molecule has 0 aliphatic carbocycles. The Morgan fingerprint density at radius 1 is 0.422 bits per heavy atom. The van der Waals surface area contributed by atoms with Crippen LogP contribution in [0.3, 0.4) is 0 Å². The molecular formula is C42H53NO2. The van der Waals surface area contributed by atoms with E-state index in [1.807, 2.05) is 0 Å². The Bertz CT molecular complexity index is 1680. The molecule has 0 aliphatic rings. The lowest BCUT2D eigenvalue weighted by molar-refractivity contribution is 0.422. The number of rotatable bonds is 4. The molecule has 0 spiro atoms. The van der Waals surface area contributed by atoms with Crippen LogP contribution in [0.15, 0.2) is 60.7 Å². The first-order chi connectivity index (χ1) is 20.6. The van der Waals surface area contributed by atoms with Gasteiger partial charge in [-0.3, -0.25) is 0 Å². The monoisotopic (exact) mass is 603 g/mol. The fourth-order valence-corrected chi connectivity index (χ4v) is 6.56. The molecule has 0 radical (unpaired) electrons. The molecule has 5 rings (SSSR count). The van der Waals surface area contributed by atoms with E-state index in [2.05, 4.69) is 149 Å². The zero-order valence-corrected chi connectivity index (χ0v) is 29.6. The first-order valence-corrected chi connectivity index (χ1v) is 16.4. The van der Waals surface area contributed by atoms with Gasteiger partial charge in [0.1, 0.15) is 11.5 Å². The Morgan fingerprint density at radius 3 is 0.978 bits per heavy atom. The van der Waals surface area contributed by atoms with E-state index < -0.39 is 0 Å². The van der Waals surface area contributed by atoms with Crippen molar-refractivity contribution in [2.45, 2.75) is 118 Å². The number of hydrogen-bond donors (Lipinski definition) is 3. The highest BCUT2D eigenvalue weighted by Gasteiger charge is 2.28. The van der Waals surface area contributed by atoms with Crippen LogP contribution in [0.1, 0.15) is 128 Å². The number of aromatic hydroxyl groups is 2. The lowest BCUT2D eigenvalue weighted by Crippen LogP contribution is -2.18. The number of fused-ring (bicyclic) bond motifs is 3. The molecule has 3 N–H and O–H groups in total. The van der Waals surface area contributed by atoms with Crippen molar-refractivity contribution in [3.05, 3.63) is 105 Å². The van der Waals surface area contributed by atoms with E-state index in [9.17, 15) is 10.2 Å². The molecule has 0 atom stereocenters. The van der Waals surface area contributed by atoms with Crippen molar-refractivity contribution in [1.29, 1.82) is 0 Å². The van der Waals surface area contributed by atoms with Gasteiger partial charge in [0.15, 0.2) is 0 Å². The second kappa shape index (κ2) is 11.0. The topological polar surface area (TPSA) is 56.2 Å². The summed E-state index contributed by atoms with van der Waals surface area (Å²) < 4.78 is 0. The SMILES string of the molecule is CC(C)(C)c1cc(Cc2ccc3[nH]c4ccc(Cc5cc(C(C)(C)C)c(O)c(C(C)(C)C)c5)cc4c3c2)cc(C(C)(C)C)c1O. The number of phenols is 2. The maximum Gasteiger partial charge on any atom is 0.123 e. The molecule has 1 aromatic heterocycles. The van der Waals surface area contributed by atoms with Gasteiger partial charge >= 0.3 is 0 Å². The Hall–Kier alpha value is -3.72. The summed E-state index contributed by atoms with van der Waals surface area (Å²) >= 11 is 0. The van der Waals surface area contributed by atoms with Crippen LogP contribution in [-0.4, -0.2) is 15.2 Å². The van der Waals surface area contributed by atoms with Crippen LogP contribution in [0.4, 0.5) is 0 Å². The normalized spacial score (nSPS) is 13.2. The van der Waals surface area contributed by atoms with Crippen molar-refractivity contribution in [2.75, 3.05) is 0 Å². The average molecular weight is 604 g/mol. The van der Waals surface area contributed by atoms with Gasteiger partial charge in [-0.05, 0) is 103 Å². The summed E-state index contributed by atoms with van der Waals surface area (Å²) in [6, 6.07) is 22.3. The van der Waals surface area contributed by atoms with E-state index in [0.717, 1.165) is 46.1 Å². The van der Waals surface area contributed by atoms with Gasteiger partial charge in [0.05, 0.1) is 0 Å². The summed E-state index contributed by atoms with van der Waals surface area (Å²) in [6.07, 6.45) is 1.60. The maximum absolute atomic E-state index is 11.2. The smallest absolute Gasteiger partial charge is 0.123 e. The molecule has 238 valence electrons. The molecule has 1 heterocycles. The molecule has 0 fully saturated rings. The molecule has 0 unspecified atom stereocenters. The van der Waals surface area contributed by atoms with Gasteiger partial charge in [0.2, 0.25) is 0 Å². The first-order valence-electron chi connectivity index (χ1n) is 16.4. The summed E-state index contributed by atoms with van der Waals surface area (Å²) in [7, 11) is 0. The minimum Gasteiger partial charge on any atom is -0.507 e. The Kier molecular flexibility index (Phi) is 7.96. The Labute approximate surface area is 270 Å². The van der Waals surface area contributed by atoms with Crippen molar-refractivity contribution in [1.82, 2.24) is 4.98 Å². The predicted octanol–water partition coefficient (Wildman–Crippen LogP) is 11.1. The highest BCUT2D eigenvalue weighted by molar-refractivity contribution is 6.07. The first kappa shape index (κ1) is 32.7. The van der Waals surface area contributed by atoms with Gasteiger partial charge in [-0.15, -0.1) is 0 Å². The zero-order valence-electron chi connectivity index (χ0n) is 29.6. The van der Waals surface area contributed by atoms with Crippen LogP contribution < -0.4 is 0 Å². The summed E-state index contributed by atoms with van der Waals surface area (Å²) in [4.78, 5) is 3.63. The minimum absolute atomic E-state index is 0.157. The van der Waals surface area contributed by atoms with Crippen molar-refractivity contribution in [2.24, 2.45) is 0 Å². The van der Waals surface area contributed by atoms with Gasteiger partial charge in [-0.25, -0.2) is 0 Å². The molecule has 0 bridgehead atoms. The largest absolute Gasteiger partial charge is 0.507 e. The molecule has 3 nitrogen and oxygen atoms in total. The third-order valence-corrected chi connectivity index (χ3v) is 9.12. The Balaban J connectivity index is 1.55. The fourth-order valence-electron chi connectivity index (χ4n) is 6.56. The lowest BCUT2D eigenvalue weighted by atomic mass is 9.78.